The normalized spacial score (nSPS) is 29.1. The molecule has 3 aliphatic carbocycles. The fourth-order valence-electron chi connectivity index (χ4n) is 5.40. The van der Waals surface area contributed by atoms with E-state index in [2.05, 4.69) is 15.9 Å². The number of ketones is 1. The summed E-state index contributed by atoms with van der Waals surface area (Å²) in [5, 5.41) is 54.6. The first-order valence-electron chi connectivity index (χ1n) is 10.0. The number of hydrogen-bond acceptors (Lipinski definition) is 8. The van der Waals surface area contributed by atoms with Gasteiger partial charge in [0.1, 0.15) is 22.9 Å². The summed E-state index contributed by atoms with van der Waals surface area (Å²) in [6.07, 6.45) is 0.590. The number of nitrogens with two attached hydrogens (primary N) is 1. The van der Waals surface area contributed by atoms with Crippen LogP contribution in [0.4, 0.5) is 0 Å². The Bertz CT molecular complexity index is 1220. The SMILES string of the molecule is CN(C)[C@@H]1C(O)=C(C(N)=O)C(=[N-])[C@@]2(O)C(=O)C3=C(O)c4c(O)c(C=O)cc(Br)c4C[C@H]3C[C@@H]12. The van der Waals surface area contributed by atoms with Gasteiger partial charge in [-0.05, 0) is 44.5 Å². The summed E-state index contributed by atoms with van der Waals surface area (Å²) in [6, 6.07) is 0.369. The number of primary amides is 1. The molecular weight excluding hydrogens is 498 g/mol. The van der Waals surface area contributed by atoms with Crippen molar-refractivity contribution in [2.45, 2.75) is 24.5 Å². The van der Waals surface area contributed by atoms with E-state index in [1.807, 2.05) is 0 Å². The third kappa shape index (κ3) is 2.92. The highest BCUT2D eigenvalue weighted by atomic mass is 79.9. The number of aldehydes is 1. The summed E-state index contributed by atoms with van der Waals surface area (Å²) in [5.41, 5.74) is 0.790. The summed E-state index contributed by atoms with van der Waals surface area (Å²) < 4.78 is 0.442. The number of fused-ring (bicyclic) bond motifs is 3. The highest BCUT2D eigenvalue weighted by molar-refractivity contribution is 9.10. The van der Waals surface area contributed by atoms with Crippen LogP contribution >= 0.6 is 15.9 Å². The molecule has 4 rings (SSSR count). The standard InChI is InChI=1S/C22H21BrN3O7/c1-26(2)15-10-4-7-3-9-11(23)5-8(6-27)16(28)13(9)17(29)12(7)20(31)22(10,33)19(24)14(18(15)30)21(25)32/h5-7,10,15,28-30,33H,3-4H2,1-2H3,(H2,25,32)/q-1/t7-,10-,15-,22+/m0/s1. The van der Waals surface area contributed by atoms with E-state index in [4.69, 9.17) is 5.73 Å². The molecule has 3 aliphatic rings. The van der Waals surface area contributed by atoms with Crippen LogP contribution in [0.25, 0.3) is 11.2 Å². The summed E-state index contributed by atoms with van der Waals surface area (Å²) >= 11 is 3.34. The van der Waals surface area contributed by atoms with Crippen molar-refractivity contribution >= 4 is 45.4 Å². The van der Waals surface area contributed by atoms with Gasteiger partial charge in [-0.2, -0.15) is 0 Å². The zero-order chi connectivity index (χ0) is 24.6. The molecule has 6 N–H and O–H groups in total. The predicted octanol–water partition coefficient (Wildman–Crippen LogP) is 0.980. The molecule has 10 nitrogen and oxygen atoms in total. The topological polar surface area (TPSA) is 184 Å². The number of nitrogens with zero attached hydrogens (tertiary/aromatic N) is 2. The molecule has 1 aromatic rings. The third-order valence-corrected chi connectivity index (χ3v) is 7.55. The zero-order valence-electron chi connectivity index (χ0n) is 17.7. The number of rotatable bonds is 3. The maximum Gasteiger partial charge on any atom is 0.250 e. The molecule has 33 heavy (non-hydrogen) atoms. The number of aromatic hydroxyl groups is 1. The van der Waals surface area contributed by atoms with Crippen LogP contribution in [0, 0.1) is 11.8 Å². The van der Waals surface area contributed by atoms with E-state index in [1.165, 1.54) is 11.0 Å². The summed E-state index contributed by atoms with van der Waals surface area (Å²) in [6.45, 7) is 0. The number of Topliss-reactive ketones (excluding diaryl/α,β-unsaturated/α-hetero) is 1. The van der Waals surface area contributed by atoms with E-state index in [0.717, 1.165) is 0 Å². The average Bonchev–Trinajstić information content (AvgIpc) is 2.72. The Balaban J connectivity index is 1.98. The van der Waals surface area contributed by atoms with E-state index in [9.17, 15) is 40.2 Å². The number of aliphatic hydroxyl groups excluding tert-OH is 2. The van der Waals surface area contributed by atoms with Gasteiger partial charge in [0.25, 0.3) is 5.91 Å². The van der Waals surface area contributed by atoms with Crippen LogP contribution in [0.3, 0.4) is 0 Å². The van der Waals surface area contributed by atoms with Gasteiger partial charge in [0.15, 0.2) is 12.1 Å². The molecule has 1 amide bonds. The smallest absolute Gasteiger partial charge is 0.250 e. The van der Waals surface area contributed by atoms with Crippen LogP contribution in [0.2, 0.25) is 0 Å². The third-order valence-electron chi connectivity index (χ3n) is 6.84. The van der Waals surface area contributed by atoms with E-state index >= 15 is 0 Å². The molecule has 4 atom stereocenters. The molecule has 0 unspecified atom stereocenters. The van der Waals surface area contributed by atoms with E-state index < -0.39 is 63.7 Å². The van der Waals surface area contributed by atoms with Crippen LogP contribution in [-0.2, 0) is 16.0 Å². The van der Waals surface area contributed by atoms with Gasteiger partial charge in [-0.1, -0.05) is 15.9 Å². The van der Waals surface area contributed by atoms with Crippen molar-refractivity contribution in [2.75, 3.05) is 14.1 Å². The van der Waals surface area contributed by atoms with Crippen LogP contribution < -0.4 is 5.73 Å². The van der Waals surface area contributed by atoms with E-state index in [0.29, 0.717) is 16.3 Å². The number of amides is 1. The highest BCUT2D eigenvalue weighted by Gasteiger charge is 2.60. The maximum absolute atomic E-state index is 13.7. The minimum Gasteiger partial charge on any atom is -0.804 e. The van der Waals surface area contributed by atoms with Crippen LogP contribution in [-0.4, -0.2) is 74.8 Å². The van der Waals surface area contributed by atoms with Gasteiger partial charge in [-0.15, -0.1) is 5.71 Å². The van der Waals surface area contributed by atoms with Crippen LogP contribution in [0.5, 0.6) is 5.75 Å². The Morgan fingerprint density at radius 1 is 1.33 bits per heavy atom. The largest absolute Gasteiger partial charge is 0.804 e. The van der Waals surface area contributed by atoms with Crippen molar-refractivity contribution in [1.82, 2.24) is 4.90 Å². The fraction of sp³-hybridized carbons (Fsp3) is 0.364. The summed E-state index contributed by atoms with van der Waals surface area (Å²) in [7, 11) is 3.14. The number of carbonyl (C=O) groups is 3. The Morgan fingerprint density at radius 3 is 2.52 bits per heavy atom. The number of benzene rings is 1. The lowest BCUT2D eigenvalue weighted by Gasteiger charge is -2.54. The second kappa shape index (κ2) is 7.51. The molecule has 1 fully saturated rings. The van der Waals surface area contributed by atoms with Gasteiger partial charge < -0.3 is 31.6 Å². The minimum atomic E-state index is -2.65. The van der Waals surface area contributed by atoms with Gasteiger partial charge >= 0.3 is 0 Å². The number of phenols is 1. The molecule has 0 saturated heterocycles. The van der Waals surface area contributed by atoms with Crippen molar-refractivity contribution in [3.63, 3.8) is 0 Å². The lowest BCUT2D eigenvalue weighted by atomic mass is 9.57. The Morgan fingerprint density at radius 2 is 1.97 bits per heavy atom. The summed E-state index contributed by atoms with van der Waals surface area (Å²) in [5.74, 6) is -5.74. The average molecular weight is 519 g/mol. The van der Waals surface area contributed by atoms with Crippen molar-refractivity contribution in [3.8, 4) is 5.75 Å². The number of aliphatic hydroxyl groups is 3. The highest BCUT2D eigenvalue weighted by Crippen LogP contribution is 2.53. The number of halogens is 1. The molecule has 0 spiro atoms. The van der Waals surface area contributed by atoms with E-state index in [1.54, 1.807) is 14.1 Å². The quantitative estimate of drug-likeness (QED) is 0.366. The first-order chi connectivity index (χ1) is 15.4. The lowest BCUT2D eigenvalue weighted by Crippen LogP contribution is -2.66. The molecule has 0 bridgehead atoms. The second-order valence-electron chi connectivity index (χ2n) is 8.75. The number of likely N-dealkylation sites (N-methyl/N-ethyl adjacent to an activating group) is 1. The van der Waals surface area contributed by atoms with Gasteiger partial charge in [0.05, 0.1) is 22.7 Å². The Kier molecular flexibility index (Phi) is 5.26. The summed E-state index contributed by atoms with van der Waals surface area (Å²) in [4.78, 5) is 38.5. The van der Waals surface area contributed by atoms with Gasteiger partial charge in [0, 0.05) is 16.0 Å². The molecular formula is C22H21BrN3O7-. The van der Waals surface area contributed by atoms with Gasteiger partial charge in [0.2, 0.25) is 0 Å². The Labute approximate surface area is 196 Å². The second-order valence-corrected chi connectivity index (χ2v) is 9.60. The van der Waals surface area contributed by atoms with Crippen molar-refractivity contribution in [2.24, 2.45) is 17.6 Å². The molecule has 0 heterocycles. The van der Waals surface area contributed by atoms with Crippen LogP contribution in [0.15, 0.2) is 27.4 Å². The van der Waals surface area contributed by atoms with Gasteiger partial charge in [-0.25, -0.2) is 0 Å². The first kappa shape index (κ1) is 23.1. The molecule has 1 saturated carbocycles. The lowest BCUT2D eigenvalue weighted by molar-refractivity contribution is -0.138. The van der Waals surface area contributed by atoms with Crippen LogP contribution in [0.1, 0.15) is 27.9 Å². The number of phenolic OH excluding ortho intramolecular Hbond substituents is 1. The monoisotopic (exact) mass is 518 g/mol. The molecule has 0 radical (unpaired) electrons. The predicted molar refractivity (Wildman–Crippen MR) is 121 cm³/mol. The zero-order valence-corrected chi connectivity index (χ0v) is 19.3. The first-order valence-corrected chi connectivity index (χ1v) is 10.8. The van der Waals surface area contributed by atoms with E-state index in [-0.39, 0.29) is 29.5 Å². The van der Waals surface area contributed by atoms with Gasteiger partial charge in [-0.3, -0.25) is 19.3 Å². The van der Waals surface area contributed by atoms with Crippen molar-refractivity contribution in [1.29, 1.82) is 0 Å². The maximum atomic E-state index is 13.7. The molecule has 0 aromatic heterocycles. The molecule has 174 valence electrons. The molecule has 1 aromatic carbocycles. The van der Waals surface area contributed by atoms with Crippen molar-refractivity contribution in [3.05, 3.63) is 49.5 Å². The molecule has 11 heteroatoms. The minimum absolute atomic E-state index is 0.0344. The fourth-order valence-corrected chi connectivity index (χ4v) is 6.01. The molecule has 0 aliphatic heterocycles. The number of carbonyl (C=O) groups excluding carboxylic acids is 3. The van der Waals surface area contributed by atoms with Crippen molar-refractivity contribution < 1.29 is 34.8 Å². The number of hydrogen-bond donors (Lipinski definition) is 5. The Hall–Kier alpha value is -3.02.